The zero-order valence-corrected chi connectivity index (χ0v) is 26.1. The summed E-state index contributed by atoms with van der Waals surface area (Å²) in [6.07, 6.45) is 10.9. The Labute approximate surface area is 268 Å². The van der Waals surface area contributed by atoms with Crippen molar-refractivity contribution in [2.45, 2.75) is 63.6 Å². The Bertz CT molecular complexity index is 1660. The van der Waals surface area contributed by atoms with Crippen molar-refractivity contribution >= 4 is 11.7 Å². The number of hydrogen-bond acceptors (Lipinski definition) is 7. The molecule has 1 saturated carbocycles. The predicted molar refractivity (Wildman–Crippen MR) is 173 cm³/mol. The number of aliphatic hydroxyl groups is 1. The first kappa shape index (κ1) is 32.8. The number of terminal acetylenes is 1. The third-order valence-corrected chi connectivity index (χ3v) is 8.18. The summed E-state index contributed by atoms with van der Waals surface area (Å²) in [5.41, 5.74) is 2.42. The average Bonchev–Trinajstić information content (AvgIpc) is 3.64. The molecule has 2 heterocycles. The summed E-state index contributed by atoms with van der Waals surface area (Å²) >= 11 is 0. The molecular weight excluding hydrogens is 588 g/mol. The van der Waals surface area contributed by atoms with Crippen molar-refractivity contribution in [3.63, 3.8) is 0 Å². The van der Waals surface area contributed by atoms with Crippen molar-refractivity contribution in [1.29, 1.82) is 0 Å². The van der Waals surface area contributed by atoms with E-state index in [0.29, 0.717) is 17.1 Å². The number of pyridine rings is 1. The fourth-order valence-electron chi connectivity index (χ4n) is 5.71. The molecule has 0 spiro atoms. The van der Waals surface area contributed by atoms with Gasteiger partial charge in [0.1, 0.15) is 29.4 Å². The van der Waals surface area contributed by atoms with E-state index in [1.807, 2.05) is 24.3 Å². The van der Waals surface area contributed by atoms with Crippen molar-refractivity contribution in [2.24, 2.45) is 0 Å². The van der Waals surface area contributed by atoms with Crippen LogP contribution in [0.2, 0.25) is 0 Å². The summed E-state index contributed by atoms with van der Waals surface area (Å²) in [5, 5.41) is 17.9. The zero-order chi connectivity index (χ0) is 32.7. The molecule has 4 aromatic rings. The van der Waals surface area contributed by atoms with Crippen LogP contribution in [-0.4, -0.2) is 52.8 Å². The van der Waals surface area contributed by atoms with E-state index in [4.69, 9.17) is 15.8 Å². The second-order valence-electron chi connectivity index (χ2n) is 11.7. The van der Waals surface area contributed by atoms with Gasteiger partial charge in [-0.05, 0) is 79.6 Å². The van der Waals surface area contributed by atoms with Gasteiger partial charge in [0.15, 0.2) is 0 Å². The molecule has 0 bridgehead atoms. The van der Waals surface area contributed by atoms with Gasteiger partial charge in [0.25, 0.3) is 5.91 Å². The molecule has 240 valence electrons. The van der Waals surface area contributed by atoms with Gasteiger partial charge in [-0.3, -0.25) is 4.79 Å². The van der Waals surface area contributed by atoms with Crippen LogP contribution >= 0.6 is 0 Å². The fourth-order valence-corrected chi connectivity index (χ4v) is 5.71. The molecule has 2 aromatic carbocycles. The SMILES string of the molecule is C#Cc1cccc(C2(NCC(O)C(Cc3cc(F)cc(F)c3)NC(=O)c3cc(-c4ncco4)nc(N(CCC)CCC)c3)CC2)c1. The number of nitrogens with zero attached hydrogens (tertiary/aromatic N) is 3. The van der Waals surface area contributed by atoms with E-state index < -0.39 is 29.7 Å². The highest BCUT2D eigenvalue weighted by atomic mass is 19.1. The molecule has 1 fully saturated rings. The first-order valence-electron chi connectivity index (χ1n) is 15.7. The van der Waals surface area contributed by atoms with Gasteiger partial charge in [0, 0.05) is 42.4 Å². The standard InChI is InChI=1S/C36H39F2N5O3/c1-4-13-43(14-5-2)33-21-26(20-31(41-33)35-39-12-15-46-35)34(45)42-30(19-25-17-28(37)22-29(38)18-25)32(44)23-40-36(10-11-36)27-9-7-8-24(6-3)16-27/h3,7-9,12,15-18,20-22,30,32,40,44H,4-5,10-11,13-14,19,23H2,1-2H3,(H,42,45). The number of halogens is 2. The highest BCUT2D eigenvalue weighted by molar-refractivity contribution is 5.96. The molecule has 1 amide bonds. The largest absolute Gasteiger partial charge is 0.443 e. The monoisotopic (exact) mass is 627 g/mol. The van der Waals surface area contributed by atoms with Crippen LogP contribution in [0.15, 0.2) is 71.5 Å². The third kappa shape index (κ3) is 7.97. The lowest BCUT2D eigenvalue weighted by Gasteiger charge is -2.28. The number of aliphatic hydroxyl groups excluding tert-OH is 1. The molecule has 0 radical (unpaired) electrons. The predicted octanol–water partition coefficient (Wildman–Crippen LogP) is 5.60. The summed E-state index contributed by atoms with van der Waals surface area (Å²) < 4.78 is 33.8. The Hall–Kier alpha value is -4.59. The number of amides is 1. The molecule has 8 nitrogen and oxygen atoms in total. The third-order valence-electron chi connectivity index (χ3n) is 8.18. The average molecular weight is 628 g/mol. The van der Waals surface area contributed by atoms with Crippen LogP contribution in [0.1, 0.15) is 66.6 Å². The molecular formula is C36H39F2N5O3. The Morgan fingerprint density at radius 2 is 1.85 bits per heavy atom. The van der Waals surface area contributed by atoms with Crippen molar-refractivity contribution in [3.8, 4) is 23.9 Å². The highest BCUT2D eigenvalue weighted by Crippen LogP contribution is 2.45. The van der Waals surface area contributed by atoms with Gasteiger partial charge in [0.05, 0.1) is 18.3 Å². The minimum atomic E-state index is -1.10. The quantitative estimate of drug-likeness (QED) is 0.147. The Balaban J connectivity index is 1.42. The van der Waals surface area contributed by atoms with E-state index >= 15 is 0 Å². The number of hydrogen-bond donors (Lipinski definition) is 3. The molecule has 1 aliphatic carbocycles. The van der Waals surface area contributed by atoms with Gasteiger partial charge in [-0.15, -0.1) is 6.42 Å². The number of rotatable bonds is 15. The lowest BCUT2D eigenvalue weighted by atomic mass is 9.98. The molecule has 1 aliphatic rings. The van der Waals surface area contributed by atoms with Gasteiger partial charge >= 0.3 is 0 Å². The molecule has 5 rings (SSSR count). The van der Waals surface area contributed by atoms with Crippen LogP contribution in [0.5, 0.6) is 0 Å². The van der Waals surface area contributed by atoms with E-state index in [-0.39, 0.29) is 30.0 Å². The van der Waals surface area contributed by atoms with Gasteiger partial charge in [0.2, 0.25) is 5.89 Å². The van der Waals surface area contributed by atoms with Gasteiger partial charge in [-0.1, -0.05) is 31.9 Å². The maximum Gasteiger partial charge on any atom is 0.251 e. The van der Waals surface area contributed by atoms with E-state index in [0.717, 1.165) is 56.0 Å². The first-order valence-corrected chi connectivity index (χ1v) is 15.7. The first-order chi connectivity index (χ1) is 22.2. The minimum Gasteiger partial charge on any atom is -0.443 e. The molecule has 2 aromatic heterocycles. The summed E-state index contributed by atoms with van der Waals surface area (Å²) in [7, 11) is 0. The number of nitrogens with one attached hydrogen (secondary N) is 2. The van der Waals surface area contributed by atoms with Gasteiger partial charge < -0.3 is 25.1 Å². The topological polar surface area (TPSA) is 104 Å². The second kappa shape index (κ2) is 14.7. The number of aromatic nitrogens is 2. The van der Waals surface area contributed by atoms with Crippen LogP contribution in [0.4, 0.5) is 14.6 Å². The van der Waals surface area contributed by atoms with E-state index in [2.05, 4.69) is 40.3 Å². The molecule has 10 heteroatoms. The normalized spacial score (nSPS) is 14.7. The van der Waals surface area contributed by atoms with Crippen LogP contribution in [-0.2, 0) is 12.0 Å². The Morgan fingerprint density at radius 1 is 1.11 bits per heavy atom. The lowest BCUT2D eigenvalue weighted by Crippen LogP contribution is -2.50. The summed E-state index contributed by atoms with van der Waals surface area (Å²) in [5.74, 6) is 1.57. The molecule has 3 N–H and O–H groups in total. The van der Waals surface area contributed by atoms with Crippen LogP contribution in [0.25, 0.3) is 11.6 Å². The summed E-state index contributed by atoms with van der Waals surface area (Å²) in [6.45, 7) is 5.73. The van der Waals surface area contributed by atoms with E-state index in [1.54, 1.807) is 12.1 Å². The Morgan fingerprint density at radius 3 is 2.48 bits per heavy atom. The van der Waals surface area contributed by atoms with E-state index in [1.165, 1.54) is 24.6 Å². The van der Waals surface area contributed by atoms with Crippen LogP contribution in [0.3, 0.4) is 0 Å². The van der Waals surface area contributed by atoms with Crippen molar-refractivity contribution in [1.82, 2.24) is 20.6 Å². The summed E-state index contributed by atoms with van der Waals surface area (Å²) in [6, 6.07) is 13.3. The highest BCUT2D eigenvalue weighted by Gasteiger charge is 2.44. The van der Waals surface area contributed by atoms with Gasteiger partial charge in [-0.2, -0.15) is 0 Å². The summed E-state index contributed by atoms with van der Waals surface area (Å²) in [4.78, 5) is 24.9. The van der Waals surface area contributed by atoms with Gasteiger partial charge in [-0.25, -0.2) is 18.7 Å². The van der Waals surface area contributed by atoms with E-state index in [9.17, 15) is 18.7 Å². The maximum atomic E-state index is 14.2. The van der Waals surface area contributed by atoms with Crippen LogP contribution < -0.4 is 15.5 Å². The smallest absolute Gasteiger partial charge is 0.251 e. The number of benzene rings is 2. The molecule has 2 unspecified atom stereocenters. The van der Waals surface area contributed by atoms with Crippen molar-refractivity contribution < 1.29 is 23.1 Å². The Kier molecular flexibility index (Phi) is 10.5. The number of carbonyl (C=O) groups is 1. The number of carbonyl (C=O) groups excluding carboxylic acids is 1. The van der Waals surface area contributed by atoms with Crippen molar-refractivity contribution in [3.05, 3.63) is 101 Å². The lowest BCUT2D eigenvalue weighted by molar-refractivity contribution is 0.0822. The molecule has 0 aliphatic heterocycles. The molecule has 2 atom stereocenters. The van der Waals surface area contributed by atoms with Crippen molar-refractivity contribution in [2.75, 3.05) is 24.5 Å². The fraction of sp³-hybridized carbons (Fsp3) is 0.361. The zero-order valence-electron chi connectivity index (χ0n) is 26.1. The maximum absolute atomic E-state index is 14.2. The number of oxazole rings is 1. The molecule has 0 saturated heterocycles. The second-order valence-corrected chi connectivity index (χ2v) is 11.7. The minimum absolute atomic E-state index is 0.00875. The number of anilines is 1. The van der Waals surface area contributed by atoms with Crippen LogP contribution in [0, 0.1) is 24.0 Å². The molecule has 46 heavy (non-hydrogen) atoms.